The zero-order valence-corrected chi connectivity index (χ0v) is 7.60. The number of rotatable bonds is 3. The van der Waals surface area contributed by atoms with E-state index in [1.165, 1.54) is 18.8 Å². The van der Waals surface area contributed by atoms with Gasteiger partial charge in [0, 0.05) is 18.4 Å². The first-order chi connectivity index (χ1) is 6.77. The van der Waals surface area contributed by atoms with E-state index in [2.05, 4.69) is 15.3 Å². The van der Waals surface area contributed by atoms with Crippen molar-refractivity contribution in [3.63, 3.8) is 0 Å². The zero-order chi connectivity index (χ0) is 9.97. The van der Waals surface area contributed by atoms with E-state index in [0.29, 0.717) is 11.9 Å². The summed E-state index contributed by atoms with van der Waals surface area (Å²) in [5, 5.41) is 11.9. The van der Waals surface area contributed by atoms with Crippen LogP contribution in [0, 0.1) is 0 Å². The van der Waals surface area contributed by atoms with Crippen molar-refractivity contribution >= 4 is 11.8 Å². The van der Waals surface area contributed by atoms with Gasteiger partial charge in [-0.15, -0.1) is 0 Å². The fourth-order valence-corrected chi connectivity index (χ4v) is 1.35. The SMILES string of the molecule is O=C(O)c1nccnc1NC1CCC1. The number of aromatic nitrogens is 2. The third-order valence-corrected chi connectivity index (χ3v) is 2.35. The highest BCUT2D eigenvalue weighted by molar-refractivity contribution is 5.90. The Morgan fingerprint density at radius 2 is 2.14 bits per heavy atom. The number of nitrogens with one attached hydrogen (secondary N) is 1. The van der Waals surface area contributed by atoms with Crippen molar-refractivity contribution in [2.75, 3.05) is 5.32 Å². The summed E-state index contributed by atoms with van der Waals surface area (Å²) >= 11 is 0. The zero-order valence-electron chi connectivity index (χ0n) is 7.60. The molecule has 0 saturated heterocycles. The van der Waals surface area contributed by atoms with Crippen LogP contribution in [0.5, 0.6) is 0 Å². The van der Waals surface area contributed by atoms with Gasteiger partial charge in [0.05, 0.1) is 0 Å². The Kier molecular flexibility index (Phi) is 2.30. The quantitative estimate of drug-likeness (QED) is 0.752. The predicted molar refractivity (Wildman–Crippen MR) is 50.3 cm³/mol. The molecule has 5 nitrogen and oxygen atoms in total. The topological polar surface area (TPSA) is 75.1 Å². The molecular weight excluding hydrogens is 182 g/mol. The first-order valence-corrected chi connectivity index (χ1v) is 4.58. The molecule has 0 amide bonds. The summed E-state index contributed by atoms with van der Waals surface area (Å²) in [4.78, 5) is 18.5. The smallest absolute Gasteiger partial charge is 0.358 e. The Balaban J connectivity index is 2.17. The van der Waals surface area contributed by atoms with Crippen LogP contribution < -0.4 is 5.32 Å². The molecule has 1 aliphatic carbocycles. The molecule has 0 spiro atoms. The molecule has 5 heteroatoms. The molecular formula is C9H11N3O2. The van der Waals surface area contributed by atoms with Gasteiger partial charge < -0.3 is 10.4 Å². The number of hydrogen-bond donors (Lipinski definition) is 2. The Morgan fingerprint density at radius 3 is 2.71 bits per heavy atom. The van der Waals surface area contributed by atoms with E-state index < -0.39 is 5.97 Å². The largest absolute Gasteiger partial charge is 0.476 e. The number of carbonyl (C=O) groups is 1. The van der Waals surface area contributed by atoms with Crippen molar-refractivity contribution < 1.29 is 9.90 Å². The van der Waals surface area contributed by atoms with Crippen molar-refractivity contribution in [2.45, 2.75) is 25.3 Å². The lowest BCUT2D eigenvalue weighted by Crippen LogP contribution is -2.28. The maximum atomic E-state index is 10.8. The van der Waals surface area contributed by atoms with Gasteiger partial charge in [-0.1, -0.05) is 0 Å². The van der Waals surface area contributed by atoms with Gasteiger partial charge in [-0.05, 0) is 19.3 Å². The molecule has 1 aromatic heterocycles. The number of anilines is 1. The van der Waals surface area contributed by atoms with Crippen molar-refractivity contribution in [1.82, 2.24) is 9.97 Å². The molecule has 1 saturated carbocycles. The monoisotopic (exact) mass is 193 g/mol. The Labute approximate surface area is 81.2 Å². The lowest BCUT2D eigenvalue weighted by atomic mass is 9.93. The molecule has 1 heterocycles. The van der Waals surface area contributed by atoms with Crippen LogP contribution in [-0.4, -0.2) is 27.1 Å². The normalized spacial score (nSPS) is 16.0. The van der Waals surface area contributed by atoms with Gasteiger partial charge in [0.15, 0.2) is 11.5 Å². The fraction of sp³-hybridized carbons (Fsp3) is 0.444. The van der Waals surface area contributed by atoms with Gasteiger partial charge in [0.2, 0.25) is 0 Å². The summed E-state index contributed by atoms with van der Waals surface area (Å²) in [6.45, 7) is 0. The van der Waals surface area contributed by atoms with Crippen molar-refractivity contribution in [3.05, 3.63) is 18.1 Å². The Morgan fingerprint density at radius 1 is 1.43 bits per heavy atom. The average Bonchev–Trinajstić information content (AvgIpc) is 2.12. The summed E-state index contributed by atoms with van der Waals surface area (Å²) in [5.41, 5.74) is -0.000556. The highest BCUT2D eigenvalue weighted by Crippen LogP contribution is 2.23. The third kappa shape index (κ3) is 1.66. The van der Waals surface area contributed by atoms with Gasteiger partial charge in [0.25, 0.3) is 0 Å². The molecule has 1 fully saturated rings. The second kappa shape index (κ2) is 3.61. The predicted octanol–water partition coefficient (Wildman–Crippen LogP) is 1.14. The molecule has 1 aromatic rings. The Bertz CT molecular complexity index is 350. The van der Waals surface area contributed by atoms with Crippen LogP contribution in [0.25, 0.3) is 0 Å². The van der Waals surface area contributed by atoms with Crippen molar-refractivity contribution in [2.24, 2.45) is 0 Å². The van der Waals surface area contributed by atoms with E-state index in [1.807, 2.05) is 0 Å². The second-order valence-electron chi connectivity index (χ2n) is 3.33. The molecule has 0 radical (unpaired) electrons. The maximum absolute atomic E-state index is 10.8. The molecule has 0 bridgehead atoms. The minimum Gasteiger partial charge on any atom is -0.476 e. The van der Waals surface area contributed by atoms with Gasteiger partial charge in [-0.2, -0.15) is 0 Å². The average molecular weight is 193 g/mol. The molecule has 14 heavy (non-hydrogen) atoms. The van der Waals surface area contributed by atoms with Crippen LogP contribution in [0.1, 0.15) is 29.8 Å². The lowest BCUT2D eigenvalue weighted by molar-refractivity contribution is 0.0691. The van der Waals surface area contributed by atoms with E-state index in [0.717, 1.165) is 12.8 Å². The minimum atomic E-state index is -1.04. The molecule has 0 unspecified atom stereocenters. The highest BCUT2D eigenvalue weighted by atomic mass is 16.4. The summed E-state index contributed by atoms with van der Waals surface area (Å²) in [5.74, 6) is -0.662. The molecule has 2 N–H and O–H groups in total. The number of carboxylic acid groups (broad SMARTS) is 1. The first kappa shape index (κ1) is 8.93. The van der Waals surface area contributed by atoms with E-state index >= 15 is 0 Å². The summed E-state index contributed by atoms with van der Waals surface area (Å²) in [6.07, 6.45) is 6.23. The van der Waals surface area contributed by atoms with Crippen molar-refractivity contribution in [1.29, 1.82) is 0 Å². The van der Waals surface area contributed by atoms with E-state index in [-0.39, 0.29) is 5.69 Å². The number of nitrogens with zero attached hydrogens (tertiary/aromatic N) is 2. The van der Waals surface area contributed by atoms with Gasteiger partial charge in [0.1, 0.15) is 0 Å². The molecule has 0 aliphatic heterocycles. The number of hydrogen-bond acceptors (Lipinski definition) is 4. The molecule has 2 rings (SSSR count). The second-order valence-corrected chi connectivity index (χ2v) is 3.33. The van der Waals surface area contributed by atoms with Crippen LogP contribution in [0.4, 0.5) is 5.82 Å². The van der Waals surface area contributed by atoms with Crippen LogP contribution in [-0.2, 0) is 0 Å². The van der Waals surface area contributed by atoms with Gasteiger partial charge >= 0.3 is 5.97 Å². The van der Waals surface area contributed by atoms with Crippen molar-refractivity contribution in [3.8, 4) is 0 Å². The molecule has 0 aromatic carbocycles. The van der Waals surface area contributed by atoms with Gasteiger partial charge in [-0.3, -0.25) is 0 Å². The third-order valence-electron chi connectivity index (χ3n) is 2.35. The van der Waals surface area contributed by atoms with Crippen LogP contribution in [0.3, 0.4) is 0 Å². The maximum Gasteiger partial charge on any atom is 0.358 e. The fourth-order valence-electron chi connectivity index (χ4n) is 1.35. The van der Waals surface area contributed by atoms with Crippen LogP contribution >= 0.6 is 0 Å². The molecule has 0 atom stereocenters. The lowest BCUT2D eigenvalue weighted by Gasteiger charge is -2.27. The van der Waals surface area contributed by atoms with E-state index in [4.69, 9.17) is 5.11 Å². The summed E-state index contributed by atoms with van der Waals surface area (Å²) in [7, 11) is 0. The minimum absolute atomic E-state index is 0.000556. The summed E-state index contributed by atoms with van der Waals surface area (Å²) < 4.78 is 0. The first-order valence-electron chi connectivity index (χ1n) is 4.58. The van der Waals surface area contributed by atoms with E-state index in [1.54, 1.807) is 0 Å². The highest BCUT2D eigenvalue weighted by Gasteiger charge is 2.20. The standard InChI is InChI=1S/C9H11N3O2/c13-9(14)7-8(11-5-4-10-7)12-6-2-1-3-6/h4-6H,1-3H2,(H,11,12)(H,13,14). The number of carboxylic acids is 1. The van der Waals surface area contributed by atoms with Gasteiger partial charge in [-0.25, -0.2) is 14.8 Å². The van der Waals surface area contributed by atoms with Crippen LogP contribution in [0.2, 0.25) is 0 Å². The molecule has 74 valence electrons. The number of aromatic carboxylic acids is 1. The van der Waals surface area contributed by atoms with Crippen LogP contribution in [0.15, 0.2) is 12.4 Å². The molecule has 1 aliphatic rings. The Hall–Kier alpha value is -1.65. The van der Waals surface area contributed by atoms with E-state index in [9.17, 15) is 4.79 Å². The summed E-state index contributed by atoms with van der Waals surface area (Å²) in [6, 6.07) is 0.366.